The van der Waals surface area contributed by atoms with Crippen molar-refractivity contribution < 1.29 is 0 Å². The van der Waals surface area contributed by atoms with Crippen LogP contribution in [0.1, 0.15) is 46.0 Å². The molecule has 0 spiro atoms. The van der Waals surface area contributed by atoms with E-state index < -0.39 is 0 Å². The maximum absolute atomic E-state index is 4.66. The average Bonchev–Trinajstić information content (AvgIpc) is 3.13. The molecule has 0 aliphatic heterocycles. The van der Waals surface area contributed by atoms with Crippen LogP contribution >= 0.6 is 22.7 Å². The molecule has 24 heavy (non-hydrogen) atoms. The zero-order valence-corrected chi connectivity index (χ0v) is 16.8. The third-order valence-corrected chi connectivity index (χ3v) is 5.99. The van der Waals surface area contributed by atoms with Gasteiger partial charge in [-0.25, -0.2) is 9.97 Å². The highest BCUT2D eigenvalue weighted by molar-refractivity contribution is 7.11. The molecule has 0 amide bonds. The minimum absolute atomic E-state index is 0.504. The van der Waals surface area contributed by atoms with Crippen molar-refractivity contribution in [3.8, 4) is 0 Å². The van der Waals surface area contributed by atoms with Gasteiger partial charge in [-0.3, -0.25) is 4.99 Å². The molecule has 0 unspecified atom stereocenters. The number of aliphatic imine (C=N–C) groups is 1. The molecule has 5 nitrogen and oxygen atoms in total. The number of hydrogen-bond acceptors (Lipinski definition) is 5. The summed E-state index contributed by atoms with van der Waals surface area (Å²) in [7, 11) is 1.80. The van der Waals surface area contributed by atoms with Gasteiger partial charge < -0.3 is 10.6 Å². The Hall–Kier alpha value is -1.47. The summed E-state index contributed by atoms with van der Waals surface area (Å²) < 4.78 is 0. The van der Waals surface area contributed by atoms with Crippen LogP contribution < -0.4 is 10.6 Å². The van der Waals surface area contributed by atoms with Gasteiger partial charge in [0.15, 0.2) is 5.96 Å². The Morgan fingerprint density at radius 2 is 1.88 bits per heavy atom. The van der Waals surface area contributed by atoms with Crippen molar-refractivity contribution in [1.82, 2.24) is 20.6 Å². The van der Waals surface area contributed by atoms with E-state index in [2.05, 4.69) is 58.7 Å². The van der Waals surface area contributed by atoms with Crippen molar-refractivity contribution in [2.75, 3.05) is 20.1 Å². The summed E-state index contributed by atoms with van der Waals surface area (Å²) in [5.74, 6) is 1.34. The highest BCUT2D eigenvalue weighted by Gasteiger charge is 2.06. The number of thiazole rings is 2. The van der Waals surface area contributed by atoms with Gasteiger partial charge >= 0.3 is 0 Å². The molecule has 132 valence electrons. The zero-order chi connectivity index (χ0) is 17.5. The number of aryl methyl sites for hydroxylation is 2. The topological polar surface area (TPSA) is 62.2 Å². The molecule has 0 bridgehead atoms. The molecule has 2 heterocycles. The van der Waals surface area contributed by atoms with Gasteiger partial charge in [-0.2, -0.15) is 0 Å². The molecule has 2 aromatic rings. The Labute approximate surface area is 152 Å². The van der Waals surface area contributed by atoms with Gasteiger partial charge in [0.05, 0.1) is 21.4 Å². The van der Waals surface area contributed by atoms with E-state index in [1.165, 1.54) is 14.9 Å². The fraction of sp³-hybridized carbons (Fsp3) is 0.588. The number of aromatic nitrogens is 2. The Bertz CT molecular complexity index is 653. The second-order valence-electron chi connectivity index (χ2n) is 6.01. The van der Waals surface area contributed by atoms with Crippen LogP contribution in [0.15, 0.2) is 10.4 Å². The van der Waals surface area contributed by atoms with Gasteiger partial charge in [0.2, 0.25) is 0 Å². The predicted molar refractivity (Wildman–Crippen MR) is 105 cm³/mol. The van der Waals surface area contributed by atoms with Gasteiger partial charge in [-0.1, -0.05) is 13.8 Å². The van der Waals surface area contributed by atoms with Crippen molar-refractivity contribution >= 4 is 28.6 Å². The summed E-state index contributed by atoms with van der Waals surface area (Å²) >= 11 is 3.52. The highest BCUT2D eigenvalue weighted by Crippen LogP contribution is 2.19. The number of nitrogens with zero attached hydrogens (tertiary/aromatic N) is 3. The highest BCUT2D eigenvalue weighted by atomic mass is 32.1. The average molecular weight is 366 g/mol. The largest absolute Gasteiger partial charge is 0.356 e. The Morgan fingerprint density at radius 1 is 1.17 bits per heavy atom. The SMILES string of the molecule is CN=C(NCCc1csc(C(C)C)n1)NCCc1nc(C)c(C)s1. The first-order valence-corrected chi connectivity index (χ1v) is 10.0. The van der Waals surface area contributed by atoms with E-state index in [1.54, 1.807) is 29.7 Å². The van der Waals surface area contributed by atoms with E-state index in [1.807, 2.05) is 0 Å². The van der Waals surface area contributed by atoms with Crippen molar-refractivity contribution in [2.45, 2.75) is 46.5 Å². The maximum Gasteiger partial charge on any atom is 0.191 e. The maximum atomic E-state index is 4.66. The molecule has 0 atom stereocenters. The summed E-state index contributed by atoms with van der Waals surface area (Å²) in [6.07, 6.45) is 1.83. The number of guanidine groups is 1. The molecule has 7 heteroatoms. The fourth-order valence-corrected chi connectivity index (χ4v) is 3.97. The smallest absolute Gasteiger partial charge is 0.191 e. The molecule has 2 rings (SSSR count). The molecular weight excluding hydrogens is 338 g/mol. The van der Waals surface area contributed by atoms with E-state index in [4.69, 9.17) is 0 Å². The van der Waals surface area contributed by atoms with Crippen molar-refractivity contribution in [3.63, 3.8) is 0 Å². The number of nitrogens with one attached hydrogen (secondary N) is 2. The lowest BCUT2D eigenvalue weighted by atomic mass is 10.2. The van der Waals surface area contributed by atoms with Crippen molar-refractivity contribution in [2.24, 2.45) is 4.99 Å². The fourth-order valence-electron chi connectivity index (χ4n) is 2.17. The van der Waals surface area contributed by atoms with E-state index >= 15 is 0 Å². The second kappa shape index (κ2) is 9.13. The summed E-state index contributed by atoms with van der Waals surface area (Å²) in [6.45, 7) is 10.2. The minimum atomic E-state index is 0.504. The van der Waals surface area contributed by atoms with Crippen molar-refractivity contribution in [1.29, 1.82) is 0 Å². The lowest BCUT2D eigenvalue weighted by molar-refractivity contribution is 0.769. The molecule has 2 aromatic heterocycles. The van der Waals surface area contributed by atoms with Crippen LogP contribution in [0.2, 0.25) is 0 Å². The molecule has 2 N–H and O–H groups in total. The van der Waals surface area contributed by atoms with E-state index in [0.717, 1.165) is 43.3 Å². The monoisotopic (exact) mass is 365 g/mol. The van der Waals surface area contributed by atoms with Crippen LogP contribution in [0.4, 0.5) is 0 Å². The van der Waals surface area contributed by atoms with Gasteiger partial charge in [-0.15, -0.1) is 22.7 Å². The third-order valence-electron chi connectivity index (χ3n) is 3.66. The summed E-state index contributed by atoms with van der Waals surface area (Å²) in [5.41, 5.74) is 2.29. The van der Waals surface area contributed by atoms with Crippen LogP contribution in [0.25, 0.3) is 0 Å². The molecule has 0 fully saturated rings. The van der Waals surface area contributed by atoms with Crippen LogP contribution in [-0.2, 0) is 12.8 Å². The Balaban J connectivity index is 1.70. The lowest BCUT2D eigenvalue weighted by Gasteiger charge is -2.10. The summed E-state index contributed by atoms with van der Waals surface area (Å²) in [5, 5.41) is 11.2. The number of rotatable bonds is 7. The molecule has 0 aliphatic carbocycles. The van der Waals surface area contributed by atoms with Gasteiger partial charge in [0.1, 0.15) is 0 Å². The summed E-state index contributed by atoms with van der Waals surface area (Å²) in [4.78, 5) is 14.8. The zero-order valence-electron chi connectivity index (χ0n) is 15.1. The molecular formula is C17H27N5S2. The first-order valence-electron chi connectivity index (χ1n) is 8.31. The van der Waals surface area contributed by atoms with E-state index in [-0.39, 0.29) is 0 Å². The third kappa shape index (κ3) is 5.56. The Morgan fingerprint density at radius 3 is 2.42 bits per heavy atom. The molecule has 0 saturated heterocycles. The molecule has 0 radical (unpaired) electrons. The first-order chi connectivity index (χ1) is 11.5. The molecule has 0 aliphatic rings. The van der Waals surface area contributed by atoms with E-state index in [9.17, 15) is 0 Å². The quantitative estimate of drug-likeness (QED) is 0.584. The predicted octanol–water partition coefficient (Wildman–Crippen LogP) is 3.29. The second-order valence-corrected chi connectivity index (χ2v) is 8.18. The van der Waals surface area contributed by atoms with Crippen LogP contribution in [0.3, 0.4) is 0 Å². The van der Waals surface area contributed by atoms with Crippen LogP contribution in [0.5, 0.6) is 0 Å². The van der Waals surface area contributed by atoms with Crippen LogP contribution in [0, 0.1) is 13.8 Å². The summed E-state index contributed by atoms with van der Waals surface area (Å²) in [6, 6.07) is 0. The van der Waals surface area contributed by atoms with E-state index in [0.29, 0.717) is 5.92 Å². The van der Waals surface area contributed by atoms with Gasteiger partial charge in [0.25, 0.3) is 0 Å². The Kier molecular flexibility index (Phi) is 7.17. The van der Waals surface area contributed by atoms with Gasteiger partial charge in [-0.05, 0) is 13.8 Å². The minimum Gasteiger partial charge on any atom is -0.356 e. The standard InChI is InChI=1S/C17H27N5S2/c1-11(2)16-22-14(10-23-16)6-8-19-17(18-5)20-9-7-15-21-12(3)13(4)24-15/h10-11H,6-9H2,1-5H3,(H2,18,19,20). The normalized spacial score (nSPS) is 12.0. The molecule has 0 aromatic carbocycles. The van der Waals surface area contributed by atoms with Crippen LogP contribution in [-0.4, -0.2) is 36.1 Å². The van der Waals surface area contributed by atoms with Crippen molar-refractivity contribution in [3.05, 3.63) is 31.7 Å². The first kappa shape index (κ1) is 18.9. The lowest BCUT2D eigenvalue weighted by Crippen LogP contribution is -2.39. The molecule has 0 saturated carbocycles. The van der Waals surface area contributed by atoms with Gasteiger partial charge in [0, 0.05) is 49.2 Å². The number of hydrogen-bond donors (Lipinski definition) is 2.